The van der Waals surface area contributed by atoms with E-state index < -0.39 is 0 Å². The topological polar surface area (TPSA) is 51.2 Å². The lowest BCUT2D eigenvalue weighted by molar-refractivity contribution is 0.0695. The number of ether oxygens (including phenoxy) is 3. The Bertz CT molecular complexity index is 1240. The molecule has 0 spiro atoms. The number of unbranched alkanes of at least 4 members (excludes halogenated alkanes) is 1. The van der Waals surface area contributed by atoms with Crippen molar-refractivity contribution in [1.82, 2.24) is 9.80 Å². The summed E-state index contributed by atoms with van der Waals surface area (Å²) in [6.45, 7) is 4.56. The largest absolute Gasteiger partial charge is 0.493 e. The van der Waals surface area contributed by atoms with Gasteiger partial charge in [0.05, 0.1) is 20.8 Å². The average molecular weight is 517 g/mol. The van der Waals surface area contributed by atoms with E-state index in [1.165, 1.54) is 30.0 Å². The highest BCUT2D eigenvalue weighted by atomic mass is 16.5. The number of piperidine rings is 1. The van der Waals surface area contributed by atoms with Crippen LogP contribution in [0.5, 0.6) is 17.2 Å². The molecule has 1 unspecified atom stereocenters. The zero-order chi connectivity index (χ0) is 26.3. The van der Waals surface area contributed by atoms with Gasteiger partial charge in [0.25, 0.3) is 5.91 Å². The monoisotopic (exact) mass is 516 g/mol. The van der Waals surface area contributed by atoms with E-state index in [1.54, 1.807) is 14.2 Å². The molecule has 1 saturated heterocycles. The number of rotatable bonds is 11. The van der Waals surface area contributed by atoms with E-state index in [1.807, 2.05) is 17.0 Å². The average Bonchev–Trinajstić information content (AvgIpc) is 2.96. The Morgan fingerprint density at radius 3 is 2.55 bits per heavy atom. The van der Waals surface area contributed by atoms with Gasteiger partial charge in [-0.15, -0.1) is 0 Å². The number of amides is 1. The molecule has 2 heterocycles. The van der Waals surface area contributed by atoms with Gasteiger partial charge in [-0.1, -0.05) is 42.8 Å². The Kier molecular flexibility index (Phi) is 8.69. The summed E-state index contributed by atoms with van der Waals surface area (Å²) in [5.74, 6) is 2.39. The minimum atomic E-state index is 0.111. The SMILES string of the molecule is COc1cc2c(cc1OC)C(=O)N(CCC1CCCCN1CCCCOc1cccc3ccccc13)CC2. The lowest BCUT2D eigenvalue weighted by Crippen LogP contribution is -2.44. The summed E-state index contributed by atoms with van der Waals surface area (Å²) in [6, 6.07) is 19.0. The molecule has 0 N–H and O–H groups in total. The van der Waals surface area contributed by atoms with Crippen molar-refractivity contribution in [2.45, 2.75) is 51.0 Å². The first-order chi connectivity index (χ1) is 18.7. The third-order valence-corrected chi connectivity index (χ3v) is 8.11. The number of fused-ring (bicyclic) bond motifs is 2. The standard InChI is InChI=1S/C32H40N2O4/c1-36-30-22-25-15-19-34(32(35)28(25)23-31(30)37-2)20-16-26-12-5-6-17-33(26)18-7-8-21-38-29-14-9-11-24-10-3-4-13-27(24)29/h3-4,9-11,13-14,22-23,26H,5-8,12,15-21H2,1-2H3. The van der Waals surface area contributed by atoms with E-state index >= 15 is 0 Å². The summed E-state index contributed by atoms with van der Waals surface area (Å²) < 4.78 is 17.0. The molecule has 3 aromatic rings. The maximum atomic E-state index is 13.3. The predicted molar refractivity (Wildman–Crippen MR) is 152 cm³/mol. The highest BCUT2D eigenvalue weighted by molar-refractivity contribution is 5.97. The first-order valence-corrected chi connectivity index (χ1v) is 14.1. The van der Waals surface area contributed by atoms with Crippen molar-refractivity contribution >= 4 is 16.7 Å². The van der Waals surface area contributed by atoms with Crippen LogP contribution in [0.15, 0.2) is 54.6 Å². The lowest BCUT2D eigenvalue weighted by Gasteiger charge is -2.38. The molecule has 0 bridgehead atoms. The number of hydrogen-bond donors (Lipinski definition) is 0. The molecular weight excluding hydrogens is 476 g/mol. The quantitative estimate of drug-likeness (QED) is 0.295. The van der Waals surface area contributed by atoms with Crippen LogP contribution >= 0.6 is 0 Å². The molecule has 6 heteroatoms. The number of nitrogens with zero attached hydrogens (tertiary/aromatic N) is 2. The van der Waals surface area contributed by atoms with Crippen LogP contribution in [-0.4, -0.2) is 68.8 Å². The Morgan fingerprint density at radius 1 is 0.868 bits per heavy atom. The van der Waals surface area contributed by atoms with Gasteiger partial charge in [0.2, 0.25) is 0 Å². The van der Waals surface area contributed by atoms with Gasteiger partial charge in [-0.2, -0.15) is 0 Å². The molecular formula is C32H40N2O4. The first-order valence-electron chi connectivity index (χ1n) is 14.1. The van der Waals surface area contributed by atoms with Crippen molar-refractivity contribution in [3.8, 4) is 17.2 Å². The van der Waals surface area contributed by atoms with Gasteiger partial charge < -0.3 is 24.0 Å². The Hall–Kier alpha value is -3.25. The molecule has 0 aromatic heterocycles. The van der Waals surface area contributed by atoms with Gasteiger partial charge >= 0.3 is 0 Å². The van der Waals surface area contributed by atoms with Gasteiger partial charge in [0.1, 0.15) is 5.75 Å². The highest BCUT2D eigenvalue weighted by Crippen LogP contribution is 2.33. The minimum Gasteiger partial charge on any atom is -0.493 e. The number of likely N-dealkylation sites (tertiary alicyclic amines) is 1. The maximum Gasteiger partial charge on any atom is 0.254 e. The third-order valence-electron chi connectivity index (χ3n) is 8.11. The predicted octanol–water partition coefficient (Wildman–Crippen LogP) is 5.96. The second kappa shape index (κ2) is 12.5. The molecule has 2 aliphatic rings. The van der Waals surface area contributed by atoms with E-state index in [2.05, 4.69) is 47.4 Å². The number of carbonyl (C=O) groups is 1. The molecule has 1 fully saturated rings. The van der Waals surface area contributed by atoms with Crippen LogP contribution in [0.3, 0.4) is 0 Å². The fraction of sp³-hybridized carbons (Fsp3) is 0.469. The molecule has 1 atom stereocenters. The molecule has 5 rings (SSSR count). The van der Waals surface area contributed by atoms with Crippen molar-refractivity contribution in [2.24, 2.45) is 0 Å². The van der Waals surface area contributed by atoms with E-state index in [0.717, 1.165) is 75.3 Å². The van der Waals surface area contributed by atoms with Crippen LogP contribution in [0.25, 0.3) is 10.8 Å². The molecule has 0 aliphatic carbocycles. The summed E-state index contributed by atoms with van der Waals surface area (Å²) in [6.07, 6.45) is 7.81. The summed E-state index contributed by atoms with van der Waals surface area (Å²) >= 11 is 0. The van der Waals surface area contributed by atoms with Gasteiger partial charge in [0, 0.05) is 30.1 Å². The van der Waals surface area contributed by atoms with Gasteiger partial charge in [0.15, 0.2) is 11.5 Å². The van der Waals surface area contributed by atoms with E-state index in [9.17, 15) is 4.79 Å². The van der Waals surface area contributed by atoms with Crippen LogP contribution in [0.2, 0.25) is 0 Å². The van der Waals surface area contributed by atoms with Crippen molar-refractivity contribution in [3.63, 3.8) is 0 Å². The number of benzene rings is 3. The fourth-order valence-corrected chi connectivity index (χ4v) is 5.97. The third kappa shape index (κ3) is 5.91. The second-order valence-electron chi connectivity index (χ2n) is 10.4. The maximum absolute atomic E-state index is 13.3. The van der Waals surface area contributed by atoms with Gasteiger partial charge in [-0.3, -0.25) is 4.79 Å². The lowest BCUT2D eigenvalue weighted by atomic mass is 9.96. The smallest absolute Gasteiger partial charge is 0.254 e. The van der Waals surface area contributed by atoms with Crippen LogP contribution in [-0.2, 0) is 6.42 Å². The minimum absolute atomic E-state index is 0.111. The molecule has 0 saturated carbocycles. The summed E-state index contributed by atoms with van der Waals surface area (Å²) in [5, 5.41) is 2.40. The van der Waals surface area contributed by atoms with Crippen LogP contribution in [0, 0.1) is 0 Å². The van der Waals surface area contributed by atoms with Crippen molar-refractivity contribution in [2.75, 3.05) is 47.0 Å². The molecule has 3 aromatic carbocycles. The first kappa shape index (κ1) is 26.4. The van der Waals surface area contributed by atoms with Gasteiger partial charge in [-0.25, -0.2) is 0 Å². The van der Waals surface area contributed by atoms with E-state index in [-0.39, 0.29) is 5.91 Å². The normalized spacial score (nSPS) is 17.9. The van der Waals surface area contributed by atoms with Crippen molar-refractivity contribution in [1.29, 1.82) is 0 Å². The molecule has 0 radical (unpaired) electrons. The fourth-order valence-electron chi connectivity index (χ4n) is 5.97. The number of hydrogen-bond acceptors (Lipinski definition) is 5. The van der Waals surface area contributed by atoms with Crippen LogP contribution in [0.4, 0.5) is 0 Å². The van der Waals surface area contributed by atoms with E-state index in [0.29, 0.717) is 17.5 Å². The molecule has 6 nitrogen and oxygen atoms in total. The van der Waals surface area contributed by atoms with E-state index in [4.69, 9.17) is 14.2 Å². The second-order valence-corrected chi connectivity index (χ2v) is 10.4. The highest BCUT2D eigenvalue weighted by Gasteiger charge is 2.28. The van der Waals surface area contributed by atoms with Gasteiger partial charge in [-0.05, 0) is 80.8 Å². The molecule has 1 amide bonds. The molecule has 2 aliphatic heterocycles. The Balaban J connectivity index is 1.10. The van der Waals surface area contributed by atoms with Crippen molar-refractivity contribution in [3.05, 3.63) is 65.7 Å². The zero-order valence-corrected chi connectivity index (χ0v) is 22.8. The summed E-state index contributed by atoms with van der Waals surface area (Å²) in [7, 11) is 3.25. The number of carbonyl (C=O) groups excluding carboxylic acids is 1. The summed E-state index contributed by atoms with van der Waals surface area (Å²) in [4.78, 5) is 18.0. The van der Waals surface area contributed by atoms with Crippen LogP contribution < -0.4 is 14.2 Å². The zero-order valence-electron chi connectivity index (χ0n) is 22.8. The molecule has 38 heavy (non-hydrogen) atoms. The summed E-state index contributed by atoms with van der Waals surface area (Å²) in [5.41, 5.74) is 1.80. The van der Waals surface area contributed by atoms with Crippen molar-refractivity contribution < 1.29 is 19.0 Å². The molecule has 202 valence electrons. The van der Waals surface area contributed by atoms with Crippen LogP contribution in [0.1, 0.15) is 54.4 Å². The number of methoxy groups -OCH3 is 2. The Labute approximate surface area is 226 Å². The Morgan fingerprint density at radius 2 is 1.68 bits per heavy atom.